The maximum absolute atomic E-state index is 10.7. The van der Waals surface area contributed by atoms with Crippen LogP contribution < -0.4 is 5.73 Å². The molecule has 4 heteroatoms. The van der Waals surface area contributed by atoms with Gasteiger partial charge in [-0.25, -0.2) is 0 Å². The number of rotatable bonds is 11. The molecule has 1 amide bonds. The molecule has 19 heavy (non-hydrogen) atoms. The molecule has 2 N–H and O–H groups in total. The minimum atomic E-state index is -0.296. The molecule has 0 radical (unpaired) electrons. The molecule has 0 spiro atoms. The average molecular weight is 268 g/mol. The van der Waals surface area contributed by atoms with Crippen LogP contribution in [-0.2, 0) is 9.63 Å². The van der Waals surface area contributed by atoms with Crippen LogP contribution in [0.1, 0.15) is 65.7 Å². The average Bonchev–Trinajstić information content (AvgIpc) is 2.38. The first-order chi connectivity index (χ1) is 8.97. The Balaban J connectivity index is 3.88. The fraction of sp³-hybridized carbons (Fsp3) is 0.733. The van der Waals surface area contributed by atoms with Crippen molar-refractivity contribution in [1.29, 1.82) is 0 Å². The number of amides is 1. The Labute approximate surface area is 117 Å². The summed E-state index contributed by atoms with van der Waals surface area (Å²) in [6.07, 6.45) is 6.85. The number of carbonyl (C=O) groups is 1. The highest BCUT2D eigenvalue weighted by Gasteiger charge is 2.10. The van der Waals surface area contributed by atoms with Crippen LogP contribution in [0, 0.1) is 5.92 Å². The number of allylic oxidation sites excluding steroid dienone is 1. The van der Waals surface area contributed by atoms with Gasteiger partial charge in [-0.3, -0.25) is 4.79 Å². The van der Waals surface area contributed by atoms with Gasteiger partial charge < -0.3 is 10.6 Å². The standard InChI is InChI=1S/C15H28N2O2/c1-5-6-7-8-9-13(3)17-19-14(4)12(2)10-11-15(16)18/h12H,4-11H2,1-3H3,(H2,16,18)/b17-13+. The molecule has 0 aromatic carbocycles. The maximum atomic E-state index is 10.7. The number of nitrogens with two attached hydrogens (primary N) is 1. The highest BCUT2D eigenvalue weighted by Crippen LogP contribution is 2.16. The number of unbranched alkanes of at least 4 members (excludes halogenated alkanes) is 3. The summed E-state index contributed by atoms with van der Waals surface area (Å²) < 4.78 is 0. The highest BCUT2D eigenvalue weighted by atomic mass is 16.6. The Morgan fingerprint density at radius 3 is 2.58 bits per heavy atom. The van der Waals surface area contributed by atoms with Crippen molar-refractivity contribution >= 4 is 11.6 Å². The molecule has 0 rings (SSSR count). The molecule has 0 saturated heterocycles. The molecule has 0 aromatic heterocycles. The molecule has 0 aliphatic heterocycles. The Kier molecular flexibility index (Phi) is 9.85. The second-order valence-corrected chi connectivity index (χ2v) is 5.10. The van der Waals surface area contributed by atoms with Gasteiger partial charge >= 0.3 is 0 Å². The Morgan fingerprint density at radius 1 is 1.32 bits per heavy atom. The molecule has 0 aliphatic carbocycles. The Bertz CT molecular complexity index is 311. The van der Waals surface area contributed by atoms with E-state index in [2.05, 4.69) is 18.7 Å². The summed E-state index contributed by atoms with van der Waals surface area (Å²) in [6.45, 7) is 9.95. The minimum absolute atomic E-state index is 0.0872. The van der Waals surface area contributed by atoms with Crippen molar-refractivity contribution in [1.82, 2.24) is 0 Å². The fourth-order valence-corrected chi connectivity index (χ4v) is 1.60. The van der Waals surface area contributed by atoms with Crippen LogP contribution in [0.4, 0.5) is 0 Å². The van der Waals surface area contributed by atoms with E-state index >= 15 is 0 Å². The molecular formula is C15H28N2O2. The zero-order valence-electron chi connectivity index (χ0n) is 12.6. The number of nitrogens with zero attached hydrogens (tertiary/aromatic N) is 1. The topological polar surface area (TPSA) is 64.7 Å². The molecule has 110 valence electrons. The van der Waals surface area contributed by atoms with Gasteiger partial charge in [0.05, 0.1) is 5.71 Å². The van der Waals surface area contributed by atoms with Crippen LogP contribution in [-0.4, -0.2) is 11.6 Å². The van der Waals surface area contributed by atoms with E-state index in [1.807, 2.05) is 13.8 Å². The minimum Gasteiger partial charge on any atom is -0.370 e. The predicted octanol–water partition coefficient (Wildman–Crippen LogP) is 3.76. The lowest BCUT2D eigenvalue weighted by atomic mass is 10.0. The van der Waals surface area contributed by atoms with Gasteiger partial charge in [-0.2, -0.15) is 0 Å². The molecular weight excluding hydrogens is 240 g/mol. The third-order valence-electron chi connectivity index (χ3n) is 3.08. The van der Waals surface area contributed by atoms with Gasteiger partial charge in [-0.1, -0.05) is 44.8 Å². The van der Waals surface area contributed by atoms with E-state index in [9.17, 15) is 4.79 Å². The Hall–Kier alpha value is -1.32. The smallest absolute Gasteiger partial charge is 0.217 e. The van der Waals surface area contributed by atoms with Gasteiger partial charge in [0, 0.05) is 12.3 Å². The lowest BCUT2D eigenvalue weighted by Gasteiger charge is -2.11. The third-order valence-corrected chi connectivity index (χ3v) is 3.08. The molecule has 0 bridgehead atoms. The fourth-order valence-electron chi connectivity index (χ4n) is 1.60. The SMILES string of the molecule is C=C(O/N=C(\C)CCCCCC)C(C)CCC(N)=O. The molecule has 0 saturated carbocycles. The van der Waals surface area contributed by atoms with Gasteiger partial charge in [0.1, 0.15) is 5.76 Å². The van der Waals surface area contributed by atoms with Gasteiger partial charge in [0.25, 0.3) is 0 Å². The van der Waals surface area contributed by atoms with Crippen LogP contribution in [0.2, 0.25) is 0 Å². The molecule has 1 unspecified atom stereocenters. The first-order valence-electron chi connectivity index (χ1n) is 7.15. The second kappa shape index (κ2) is 10.6. The van der Waals surface area contributed by atoms with Crippen LogP contribution in [0.5, 0.6) is 0 Å². The van der Waals surface area contributed by atoms with E-state index in [4.69, 9.17) is 10.6 Å². The predicted molar refractivity (Wildman–Crippen MR) is 79.7 cm³/mol. The lowest BCUT2D eigenvalue weighted by Crippen LogP contribution is -2.12. The van der Waals surface area contributed by atoms with Crippen molar-refractivity contribution in [3.8, 4) is 0 Å². The van der Waals surface area contributed by atoms with E-state index in [0.717, 1.165) is 18.6 Å². The molecule has 0 aliphatic rings. The molecule has 0 aromatic rings. The zero-order valence-corrected chi connectivity index (χ0v) is 12.6. The first kappa shape index (κ1) is 17.7. The van der Waals surface area contributed by atoms with Crippen molar-refractivity contribution in [3.05, 3.63) is 12.3 Å². The monoisotopic (exact) mass is 268 g/mol. The number of primary amides is 1. The van der Waals surface area contributed by atoms with Crippen molar-refractivity contribution in [2.45, 2.75) is 65.7 Å². The second-order valence-electron chi connectivity index (χ2n) is 5.10. The summed E-state index contributed by atoms with van der Waals surface area (Å²) in [4.78, 5) is 16.0. The van der Waals surface area contributed by atoms with Crippen molar-refractivity contribution in [2.75, 3.05) is 0 Å². The van der Waals surface area contributed by atoms with Gasteiger partial charge in [0.2, 0.25) is 5.91 Å². The summed E-state index contributed by atoms with van der Waals surface area (Å²) in [7, 11) is 0. The molecule has 0 heterocycles. The van der Waals surface area contributed by atoms with Crippen molar-refractivity contribution < 1.29 is 9.63 Å². The highest BCUT2D eigenvalue weighted by molar-refractivity contribution is 5.81. The van der Waals surface area contributed by atoms with E-state index in [1.54, 1.807) is 0 Å². The van der Waals surface area contributed by atoms with Crippen LogP contribution >= 0.6 is 0 Å². The quantitative estimate of drug-likeness (QED) is 0.268. The summed E-state index contributed by atoms with van der Waals surface area (Å²) in [5, 5.41) is 4.07. The normalized spacial score (nSPS) is 13.1. The summed E-state index contributed by atoms with van der Waals surface area (Å²) in [5.74, 6) is 0.383. The largest absolute Gasteiger partial charge is 0.370 e. The van der Waals surface area contributed by atoms with Gasteiger partial charge in [0.15, 0.2) is 0 Å². The van der Waals surface area contributed by atoms with Crippen LogP contribution in [0.3, 0.4) is 0 Å². The van der Waals surface area contributed by atoms with E-state index in [1.165, 1.54) is 19.3 Å². The number of oxime groups is 1. The number of hydrogen-bond donors (Lipinski definition) is 1. The molecule has 0 fully saturated rings. The lowest BCUT2D eigenvalue weighted by molar-refractivity contribution is -0.118. The van der Waals surface area contributed by atoms with E-state index in [0.29, 0.717) is 18.6 Å². The van der Waals surface area contributed by atoms with Crippen LogP contribution in [0.15, 0.2) is 17.5 Å². The molecule has 1 atom stereocenters. The third kappa shape index (κ3) is 10.3. The van der Waals surface area contributed by atoms with Gasteiger partial charge in [-0.15, -0.1) is 0 Å². The number of hydrogen-bond acceptors (Lipinski definition) is 3. The summed E-state index contributed by atoms with van der Waals surface area (Å²) in [6, 6.07) is 0. The zero-order chi connectivity index (χ0) is 14.7. The van der Waals surface area contributed by atoms with E-state index < -0.39 is 0 Å². The Morgan fingerprint density at radius 2 is 2.00 bits per heavy atom. The molecule has 4 nitrogen and oxygen atoms in total. The van der Waals surface area contributed by atoms with Crippen molar-refractivity contribution in [2.24, 2.45) is 16.8 Å². The van der Waals surface area contributed by atoms with Gasteiger partial charge in [-0.05, 0) is 26.2 Å². The van der Waals surface area contributed by atoms with E-state index in [-0.39, 0.29) is 11.8 Å². The van der Waals surface area contributed by atoms with Crippen LogP contribution in [0.25, 0.3) is 0 Å². The summed E-state index contributed by atoms with van der Waals surface area (Å²) >= 11 is 0. The van der Waals surface area contributed by atoms with Crippen molar-refractivity contribution in [3.63, 3.8) is 0 Å². The first-order valence-corrected chi connectivity index (χ1v) is 7.15. The summed E-state index contributed by atoms with van der Waals surface area (Å²) in [5.41, 5.74) is 6.09. The maximum Gasteiger partial charge on any atom is 0.217 e. The number of carbonyl (C=O) groups excluding carboxylic acids is 1.